The van der Waals surface area contributed by atoms with E-state index in [1.54, 1.807) is 12.2 Å². The Balaban J connectivity index is 4.81. The summed E-state index contributed by atoms with van der Waals surface area (Å²) in [6.07, 6.45) is -9.84. The topological polar surface area (TPSA) is 29.1 Å². The molecule has 0 saturated heterocycles. The van der Waals surface area contributed by atoms with Crippen LogP contribution in [0.15, 0.2) is 11.8 Å². The maximum Gasteiger partial charge on any atom is 0.454 e. The van der Waals surface area contributed by atoms with Gasteiger partial charge in [0.25, 0.3) is 5.78 Å². The van der Waals surface area contributed by atoms with Crippen LogP contribution in [0.2, 0.25) is 0 Å². The lowest BCUT2D eigenvalue weighted by atomic mass is 10.2. The van der Waals surface area contributed by atoms with Gasteiger partial charge in [0.1, 0.15) is 5.70 Å². The van der Waals surface area contributed by atoms with Gasteiger partial charge in [-0.1, -0.05) is 13.3 Å². The largest absolute Gasteiger partial charge is 0.454 e. The lowest BCUT2D eigenvalue weighted by Crippen LogP contribution is -2.30. The number of ketones is 1. The van der Waals surface area contributed by atoms with E-state index in [0.717, 1.165) is 0 Å². The fraction of sp³-hybridized carbons (Fsp3) is 0.667. The number of hydrogen-bond donors (Lipinski definition) is 1. The maximum absolute atomic E-state index is 12.2. The van der Waals surface area contributed by atoms with E-state index < -0.39 is 29.9 Å². The third-order valence-corrected chi connectivity index (χ3v) is 1.71. The summed E-state index contributed by atoms with van der Waals surface area (Å²) >= 11 is 0. The molecule has 0 heterocycles. The van der Waals surface area contributed by atoms with E-state index in [4.69, 9.17) is 0 Å². The van der Waals surface area contributed by atoms with Crippen molar-refractivity contribution >= 4 is 5.78 Å². The van der Waals surface area contributed by atoms with Crippen molar-refractivity contribution in [1.82, 2.24) is 5.32 Å². The van der Waals surface area contributed by atoms with Crippen molar-refractivity contribution in [3.05, 3.63) is 11.8 Å². The quantitative estimate of drug-likeness (QED) is 0.469. The molecule has 0 bridgehead atoms. The average Bonchev–Trinajstić information content (AvgIpc) is 2.13. The lowest BCUT2D eigenvalue weighted by molar-refractivity contribution is -0.166. The second-order valence-electron chi connectivity index (χ2n) is 3.20. The van der Waals surface area contributed by atoms with Crippen LogP contribution in [-0.4, -0.2) is 24.7 Å². The predicted octanol–water partition coefficient (Wildman–Crippen LogP) is 2.95. The molecule has 8 heteroatoms. The summed E-state index contributed by atoms with van der Waals surface area (Å²) in [5.41, 5.74) is -1.67. The number of hydrogen-bond acceptors (Lipinski definition) is 2. The number of rotatable bonds is 5. The first-order valence-corrected chi connectivity index (χ1v) is 4.73. The van der Waals surface area contributed by atoms with E-state index in [1.165, 1.54) is 0 Å². The van der Waals surface area contributed by atoms with Gasteiger partial charge in [0.15, 0.2) is 0 Å². The zero-order valence-corrected chi connectivity index (χ0v) is 8.87. The van der Waals surface area contributed by atoms with Gasteiger partial charge in [-0.15, -0.1) is 0 Å². The van der Waals surface area contributed by atoms with Crippen LogP contribution in [0.1, 0.15) is 19.8 Å². The van der Waals surface area contributed by atoms with Crippen molar-refractivity contribution in [3.8, 4) is 0 Å². The molecule has 0 rings (SSSR count). The number of allylic oxidation sites excluding steroid dienone is 2. The smallest absolute Gasteiger partial charge is 0.381 e. The molecule has 0 unspecified atom stereocenters. The van der Waals surface area contributed by atoms with Gasteiger partial charge in [-0.05, 0) is 6.42 Å². The molecule has 0 aromatic rings. The monoisotopic (exact) mass is 263 g/mol. The number of alkyl halides is 6. The van der Waals surface area contributed by atoms with Gasteiger partial charge < -0.3 is 5.32 Å². The average molecular weight is 263 g/mol. The van der Waals surface area contributed by atoms with E-state index in [1.807, 2.05) is 0 Å². The summed E-state index contributed by atoms with van der Waals surface area (Å²) in [5.74, 6) is -2.53. The predicted molar refractivity (Wildman–Crippen MR) is 48.1 cm³/mol. The Labute approximate surface area is 93.7 Å². The van der Waals surface area contributed by atoms with Gasteiger partial charge in [0.05, 0.1) is 0 Å². The first-order chi connectivity index (χ1) is 7.59. The Morgan fingerprint density at radius 1 is 1.12 bits per heavy atom. The van der Waals surface area contributed by atoms with Crippen LogP contribution in [0, 0.1) is 0 Å². The van der Waals surface area contributed by atoms with Crippen molar-refractivity contribution in [2.24, 2.45) is 0 Å². The highest BCUT2D eigenvalue weighted by atomic mass is 19.4. The summed E-state index contributed by atoms with van der Waals surface area (Å²) in [6, 6.07) is 0. The number of carbonyl (C=O) groups is 1. The summed E-state index contributed by atoms with van der Waals surface area (Å²) < 4.78 is 72.1. The van der Waals surface area contributed by atoms with Crippen molar-refractivity contribution < 1.29 is 31.1 Å². The van der Waals surface area contributed by atoms with Gasteiger partial charge in [0, 0.05) is 12.6 Å². The van der Waals surface area contributed by atoms with Crippen molar-refractivity contribution in [3.63, 3.8) is 0 Å². The molecule has 0 fully saturated rings. The van der Waals surface area contributed by atoms with Crippen LogP contribution in [0.25, 0.3) is 0 Å². The van der Waals surface area contributed by atoms with Gasteiger partial charge in [-0.25, -0.2) is 0 Å². The summed E-state index contributed by atoms with van der Waals surface area (Å²) in [7, 11) is 0. The van der Waals surface area contributed by atoms with Gasteiger partial charge >= 0.3 is 12.4 Å². The third kappa shape index (κ3) is 6.18. The second kappa shape index (κ2) is 5.92. The molecular weight excluding hydrogens is 252 g/mol. The molecule has 100 valence electrons. The standard InChI is InChI=1S/C9H11F6NO/c1-2-3-4-16-6(8(10,11)12)5-7(17)9(13,14)15/h5,16H,2-4H2,1H3/b6-5+. The van der Waals surface area contributed by atoms with Crippen LogP contribution < -0.4 is 5.32 Å². The molecule has 0 atom stereocenters. The molecule has 0 aliphatic rings. The first kappa shape index (κ1) is 15.8. The zero-order chi connectivity index (χ0) is 13.7. The van der Waals surface area contributed by atoms with Gasteiger partial charge in [-0.3, -0.25) is 4.79 Å². The second-order valence-corrected chi connectivity index (χ2v) is 3.20. The Morgan fingerprint density at radius 3 is 2.00 bits per heavy atom. The highest BCUT2D eigenvalue weighted by Crippen LogP contribution is 2.25. The van der Waals surface area contributed by atoms with E-state index in [2.05, 4.69) is 0 Å². The van der Waals surface area contributed by atoms with Gasteiger partial charge in [-0.2, -0.15) is 26.3 Å². The number of nitrogens with one attached hydrogen (secondary N) is 1. The molecule has 0 spiro atoms. The van der Waals surface area contributed by atoms with E-state index in [9.17, 15) is 31.1 Å². The van der Waals surface area contributed by atoms with Crippen LogP contribution in [-0.2, 0) is 4.79 Å². The summed E-state index contributed by atoms with van der Waals surface area (Å²) in [6.45, 7) is 1.56. The molecule has 0 aliphatic carbocycles. The molecule has 0 radical (unpaired) electrons. The zero-order valence-electron chi connectivity index (χ0n) is 8.87. The SMILES string of the molecule is CCCCN/C(=C/C(=O)C(F)(F)F)C(F)(F)F. The number of unbranched alkanes of at least 4 members (excludes halogenated alkanes) is 1. The van der Waals surface area contributed by atoms with E-state index in [0.29, 0.717) is 12.8 Å². The fourth-order valence-electron chi connectivity index (χ4n) is 0.846. The van der Waals surface area contributed by atoms with Crippen molar-refractivity contribution in [2.75, 3.05) is 6.54 Å². The van der Waals surface area contributed by atoms with Crippen LogP contribution in [0.5, 0.6) is 0 Å². The molecule has 17 heavy (non-hydrogen) atoms. The Hall–Kier alpha value is -1.21. The normalized spacial score (nSPS) is 13.7. The highest BCUT2D eigenvalue weighted by Gasteiger charge is 2.41. The molecule has 0 aromatic heterocycles. The first-order valence-electron chi connectivity index (χ1n) is 4.73. The summed E-state index contributed by atoms with van der Waals surface area (Å²) in [5, 5.41) is 1.78. The Bertz CT molecular complexity index is 291. The fourth-order valence-corrected chi connectivity index (χ4v) is 0.846. The molecule has 1 N–H and O–H groups in total. The van der Waals surface area contributed by atoms with E-state index in [-0.39, 0.29) is 6.54 Å². The molecule has 0 aromatic carbocycles. The Kier molecular flexibility index (Phi) is 5.50. The van der Waals surface area contributed by atoms with Gasteiger partial charge in [0.2, 0.25) is 0 Å². The Morgan fingerprint density at radius 2 is 1.65 bits per heavy atom. The molecule has 2 nitrogen and oxygen atoms in total. The van der Waals surface area contributed by atoms with Crippen LogP contribution >= 0.6 is 0 Å². The van der Waals surface area contributed by atoms with Crippen molar-refractivity contribution in [1.29, 1.82) is 0 Å². The molecule has 0 saturated carbocycles. The molecule has 0 amide bonds. The highest BCUT2D eigenvalue weighted by molar-refractivity contribution is 5.95. The maximum atomic E-state index is 12.2. The minimum atomic E-state index is -5.30. The summed E-state index contributed by atoms with van der Waals surface area (Å²) in [4.78, 5) is 10.4. The number of halogens is 6. The minimum absolute atomic E-state index is 0.146. The lowest BCUT2D eigenvalue weighted by Gasteiger charge is -2.14. The van der Waals surface area contributed by atoms with E-state index >= 15 is 0 Å². The number of carbonyl (C=O) groups excluding carboxylic acids is 1. The van der Waals surface area contributed by atoms with Crippen molar-refractivity contribution in [2.45, 2.75) is 32.1 Å². The van der Waals surface area contributed by atoms with Crippen LogP contribution in [0.4, 0.5) is 26.3 Å². The third-order valence-electron chi connectivity index (χ3n) is 1.71. The minimum Gasteiger partial charge on any atom is -0.381 e. The molecular formula is C9H11F6NO. The van der Waals surface area contributed by atoms with Crippen LogP contribution in [0.3, 0.4) is 0 Å². The molecule has 0 aliphatic heterocycles.